The lowest BCUT2D eigenvalue weighted by Crippen LogP contribution is -2.28. The zero-order valence-corrected chi connectivity index (χ0v) is 18.7. The van der Waals surface area contributed by atoms with Crippen molar-refractivity contribution in [2.45, 2.75) is 6.42 Å². The molecule has 1 N–H and O–H groups in total. The maximum absolute atomic E-state index is 13.4. The first-order valence-electron chi connectivity index (χ1n) is 9.54. The molecular formula is C19H24BrF4NO7. The van der Waals surface area contributed by atoms with Crippen LogP contribution in [0.25, 0.3) is 0 Å². The minimum atomic E-state index is -1.79. The van der Waals surface area contributed by atoms with Gasteiger partial charge in [-0.1, -0.05) is 15.9 Å². The summed E-state index contributed by atoms with van der Waals surface area (Å²) in [6, 6.07) is 0.0140. The Morgan fingerprint density at radius 1 is 0.781 bits per heavy atom. The molecule has 0 spiro atoms. The number of benzene rings is 1. The summed E-state index contributed by atoms with van der Waals surface area (Å²) in [5.41, 5.74) is 0. The fraction of sp³-hybridized carbons (Fsp3) is 0.579. The molecule has 8 nitrogen and oxygen atoms in total. The van der Waals surface area contributed by atoms with E-state index in [0.29, 0.717) is 39.6 Å². The molecule has 0 aliphatic heterocycles. The van der Waals surface area contributed by atoms with Crippen LogP contribution >= 0.6 is 15.9 Å². The molecule has 0 saturated heterocycles. The Labute approximate surface area is 190 Å². The molecule has 32 heavy (non-hydrogen) atoms. The largest absolute Gasteiger partial charge is 0.420 e. The number of carbonyl (C=O) groups is 2. The standard InChI is InChI=1S/C19H24BrF4NO7/c20-12-15(26)25-2-4-29-6-8-31-10-9-30-7-5-28-3-1-16(27)32-19-17(23)13(21)11-14(22)18(19)24/h11H,1-10,12H2,(H,25,26). The molecule has 0 heterocycles. The Balaban J connectivity index is 1.96. The van der Waals surface area contributed by atoms with Crippen molar-refractivity contribution >= 4 is 27.8 Å². The molecule has 1 rings (SSSR count). The summed E-state index contributed by atoms with van der Waals surface area (Å²) in [5.74, 6) is -9.59. The van der Waals surface area contributed by atoms with Crippen molar-refractivity contribution in [2.75, 3.05) is 64.7 Å². The van der Waals surface area contributed by atoms with Crippen LogP contribution in [0.1, 0.15) is 6.42 Å². The summed E-state index contributed by atoms with van der Waals surface area (Å²) in [7, 11) is 0. The molecule has 0 fully saturated rings. The SMILES string of the molecule is O=C(CBr)NCCOCCOCCOCCOCCC(=O)Oc1c(F)c(F)cc(F)c1F. The average molecular weight is 534 g/mol. The molecule has 0 saturated carbocycles. The lowest BCUT2D eigenvalue weighted by atomic mass is 10.3. The molecule has 0 bridgehead atoms. The summed E-state index contributed by atoms with van der Waals surface area (Å²) in [4.78, 5) is 22.5. The van der Waals surface area contributed by atoms with Gasteiger partial charge in [0, 0.05) is 12.6 Å². The highest BCUT2D eigenvalue weighted by Crippen LogP contribution is 2.26. The zero-order valence-electron chi connectivity index (χ0n) is 17.1. The Morgan fingerprint density at radius 3 is 1.75 bits per heavy atom. The molecule has 13 heteroatoms. The molecule has 0 radical (unpaired) electrons. The highest BCUT2D eigenvalue weighted by molar-refractivity contribution is 9.09. The van der Waals surface area contributed by atoms with Crippen molar-refractivity contribution < 1.29 is 50.8 Å². The first kappa shape index (κ1) is 28.2. The van der Waals surface area contributed by atoms with Gasteiger partial charge in [-0.15, -0.1) is 0 Å². The minimum Gasteiger partial charge on any atom is -0.420 e. The molecule has 0 aliphatic rings. The smallest absolute Gasteiger partial charge is 0.313 e. The van der Waals surface area contributed by atoms with Crippen LogP contribution in [-0.2, 0) is 28.5 Å². The molecule has 0 unspecified atom stereocenters. The van der Waals surface area contributed by atoms with Gasteiger partial charge in [-0.05, 0) is 0 Å². The van der Waals surface area contributed by atoms with Crippen LogP contribution in [0.15, 0.2) is 6.07 Å². The molecule has 0 atom stereocenters. The van der Waals surface area contributed by atoms with Gasteiger partial charge in [0.15, 0.2) is 11.6 Å². The van der Waals surface area contributed by atoms with E-state index < -0.39 is 35.0 Å². The van der Waals surface area contributed by atoms with Crippen LogP contribution in [0.3, 0.4) is 0 Å². The summed E-state index contributed by atoms with van der Waals surface area (Å²) in [6.45, 7) is 2.37. The second-order valence-corrected chi connectivity index (χ2v) is 6.52. The Kier molecular flexibility index (Phi) is 14.8. The molecule has 182 valence electrons. The Hall–Kier alpha value is -1.80. The third-order valence-corrected chi connectivity index (χ3v) is 4.05. The summed E-state index contributed by atoms with van der Waals surface area (Å²) >= 11 is 3.03. The molecular weight excluding hydrogens is 510 g/mol. The summed E-state index contributed by atoms with van der Waals surface area (Å²) in [6.07, 6.45) is -0.389. The van der Waals surface area contributed by atoms with Crippen LogP contribution in [0.4, 0.5) is 17.6 Å². The average Bonchev–Trinajstić information content (AvgIpc) is 2.77. The van der Waals surface area contributed by atoms with Crippen LogP contribution in [0.2, 0.25) is 0 Å². The number of rotatable bonds is 17. The predicted molar refractivity (Wildman–Crippen MR) is 107 cm³/mol. The fourth-order valence-electron chi connectivity index (χ4n) is 2.03. The quantitative estimate of drug-likeness (QED) is 0.0818. The highest BCUT2D eigenvalue weighted by Gasteiger charge is 2.22. The van der Waals surface area contributed by atoms with Crippen molar-refractivity contribution in [2.24, 2.45) is 0 Å². The van der Waals surface area contributed by atoms with E-state index >= 15 is 0 Å². The third-order valence-electron chi connectivity index (χ3n) is 3.54. The van der Waals surface area contributed by atoms with E-state index in [1.54, 1.807) is 0 Å². The van der Waals surface area contributed by atoms with Gasteiger partial charge in [0.1, 0.15) is 0 Å². The number of hydrogen-bond donors (Lipinski definition) is 1. The lowest BCUT2D eigenvalue weighted by molar-refractivity contribution is -0.136. The second kappa shape index (κ2) is 16.8. The number of nitrogens with one attached hydrogen (secondary N) is 1. The summed E-state index contributed by atoms with van der Waals surface area (Å²) < 4.78 is 78.1. The number of carbonyl (C=O) groups excluding carboxylic acids is 2. The van der Waals surface area contributed by atoms with E-state index in [1.807, 2.05) is 0 Å². The molecule has 0 aliphatic carbocycles. The first-order valence-corrected chi connectivity index (χ1v) is 10.7. The maximum Gasteiger partial charge on any atom is 0.313 e. The van der Waals surface area contributed by atoms with Gasteiger partial charge in [-0.3, -0.25) is 9.59 Å². The van der Waals surface area contributed by atoms with Gasteiger partial charge in [0.25, 0.3) is 0 Å². The fourth-order valence-corrected chi connectivity index (χ4v) is 2.23. The van der Waals surface area contributed by atoms with Crippen molar-refractivity contribution in [3.05, 3.63) is 29.3 Å². The van der Waals surface area contributed by atoms with Gasteiger partial charge in [-0.25, -0.2) is 8.78 Å². The number of esters is 1. The van der Waals surface area contributed by atoms with E-state index in [-0.39, 0.29) is 43.5 Å². The highest BCUT2D eigenvalue weighted by atomic mass is 79.9. The normalized spacial score (nSPS) is 10.9. The lowest BCUT2D eigenvalue weighted by Gasteiger charge is -2.09. The van der Waals surface area contributed by atoms with E-state index in [9.17, 15) is 27.2 Å². The van der Waals surface area contributed by atoms with Crippen molar-refractivity contribution in [1.29, 1.82) is 0 Å². The molecule has 0 aromatic heterocycles. The van der Waals surface area contributed by atoms with E-state index in [0.717, 1.165) is 0 Å². The number of hydrogen-bond acceptors (Lipinski definition) is 7. The monoisotopic (exact) mass is 533 g/mol. The zero-order chi connectivity index (χ0) is 23.8. The Morgan fingerprint density at radius 2 is 1.25 bits per heavy atom. The van der Waals surface area contributed by atoms with Gasteiger partial charge < -0.3 is 29.0 Å². The van der Waals surface area contributed by atoms with Crippen LogP contribution in [0, 0.1) is 23.3 Å². The topological polar surface area (TPSA) is 92.3 Å². The van der Waals surface area contributed by atoms with Gasteiger partial charge >= 0.3 is 5.97 Å². The number of amides is 1. The predicted octanol–water partition coefficient (Wildman–Crippen LogP) is 2.12. The van der Waals surface area contributed by atoms with E-state index in [1.165, 1.54) is 0 Å². The maximum atomic E-state index is 13.4. The summed E-state index contributed by atoms with van der Waals surface area (Å²) in [5, 5.41) is 2.88. The molecule has 1 aromatic rings. The molecule has 1 aromatic carbocycles. The minimum absolute atomic E-state index is 0.0140. The second-order valence-electron chi connectivity index (χ2n) is 5.95. The van der Waals surface area contributed by atoms with Gasteiger partial charge in [0.05, 0.1) is 64.6 Å². The van der Waals surface area contributed by atoms with Crippen molar-refractivity contribution in [3.63, 3.8) is 0 Å². The number of alkyl halides is 1. The van der Waals surface area contributed by atoms with Crippen molar-refractivity contribution in [1.82, 2.24) is 5.32 Å². The third kappa shape index (κ3) is 11.7. The molecule has 1 amide bonds. The van der Waals surface area contributed by atoms with Crippen LogP contribution < -0.4 is 10.1 Å². The number of halogens is 5. The van der Waals surface area contributed by atoms with E-state index in [4.69, 9.17) is 18.9 Å². The number of ether oxygens (including phenoxy) is 5. The van der Waals surface area contributed by atoms with Crippen molar-refractivity contribution in [3.8, 4) is 5.75 Å². The van der Waals surface area contributed by atoms with Crippen LogP contribution in [0.5, 0.6) is 5.75 Å². The van der Waals surface area contributed by atoms with Gasteiger partial charge in [-0.2, -0.15) is 8.78 Å². The first-order chi connectivity index (χ1) is 15.4. The Bertz CT molecular complexity index is 701. The van der Waals surface area contributed by atoms with Gasteiger partial charge in [0.2, 0.25) is 23.3 Å². The van der Waals surface area contributed by atoms with Crippen LogP contribution in [-0.4, -0.2) is 76.6 Å². The van der Waals surface area contributed by atoms with E-state index in [2.05, 4.69) is 26.0 Å².